The van der Waals surface area contributed by atoms with Gasteiger partial charge < -0.3 is 20.4 Å². The molecular weight excluding hydrogens is 360 g/mol. The van der Waals surface area contributed by atoms with Crippen LogP contribution in [0.4, 0.5) is 0 Å². The van der Waals surface area contributed by atoms with Crippen molar-refractivity contribution in [2.75, 3.05) is 0 Å². The standard InChI is InChI=1S/C8H10O2.2C7H6O2/c9-5-7-1-2-8(6-10)4-3-7;2*8-7(9)6-4-2-1-3-5-6/h1-4,9-10H,5-6H2;2*1-5H,(H,8,9). The van der Waals surface area contributed by atoms with Crippen molar-refractivity contribution in [3.8, 4) is 0 Å². The Balaban J connectivity index is 0.000000210. The second-order valence-electron chi connectivity index (χ2n) is 5.48. The van der Waals surface area contributed by atoms with Crippen molar-refractivity contribution in [1.82, 2.24) is 0 Å². The summed E-state index contributed by atoms with van der Waals surface area (Å²) >= 11 is 0. The molecule has 3 rings (SSSR count). The highest BCUT2D eigenvalue weighted by atomic mass is 16.4. The van der Waals surface area contributed by atoms with Gasteiger partial charge in [0.25, 0.3) is 0 Å². The van der Waals surface area contributed by atoms with Crippen LogP contribution < -0.4 is 0 Å². The fourth-order valence-electron chi connectivity index (χ4n) is 1.91. The summed E-state index contributed by atoms with van der Waals surface area (Å²) in [6, 6.07) is 23.8. The van der Waals surface area contributed by atoms with Gasteiger partial charge in [-0.3, -0.25) is 0 Å². The lowest BCUT2D eigenvalue weighted by Crippen LogP contribution is -1.93. The van der Waals surface area contributed by atoms with Crippen LogP contribution in [-0.4, -0.2) is 32.4 Å². The van der Waals surface area contributed by atoms with Crippen LogP contribution in [0.25, 0.3) is 0 Å². The van der Waals surface area contributed by atoms with Gasteiger partial charge in [-0.25, -0.2) is 9.59 Å². The third-order valence-electron chi connectivity index (χ3n) is 3.43. The van der Waals surface area contributed by atoms with Gasteiger partial charge in [-0.15, -0.1) is 0 Å². The summed E-state index contributed by atoms with van der Waals surface area (Å²) < 4.78 is 0. The Hall–Kier alpha value is -3.48. The largest absolute Gasteiger partial charge is 0.478 e. The maximum atomic E-state index is 10.2. The van der Waals surface area contributed by atoms with Crippen molar-refractivity contribution >= 4 is 11.9 Å². The molecule has 0 saturated carbocycles. The number of hydrogen-bond acceptors (Lipinski definition) is 4. The first kappa shape index (κ1) is 22.6. The van der Waals surface area contributed by atoms with Gasteiger partial charge in [0.15, 0.2) is 0 Å². The van der Waals surface area contributed by atoms with Crippen molar-refractivity contribution in [3.63, 3.8) is 0 Å². The molecule has 3 aromatic rings. The Morgan fingerprint density at radius 1 is 0.536 bits per heavy atom. The molecule has 6 heteroatoms. The molecule has 0 aliphatic carbocycles. The number of benzene rings is 3. The van der Waals surface area contributed by atoms with Gasteiger partial charge in [0.1, 0.15) is 0 Å². The highest BCUT2D eigenvalue weighted by Gasteiger charge is 1.97. The minimum atomic E-state index is -0.879. The van der Waals surface area contributed by atoms with Crippen molar-refractivity contribution in [2.24, 2.45) is 0 Å². The van der Waals surface area contributed by atoms with Crippen molar-refractivity contribution in [3.05, 3.63) is 107 Å². The van der Waals surface area contributed by atoms with E-state index in [0.29, 0.717) is 11.1 Å². The van der Waals surface area contributed by atoms with E-state index in [1.54, 1.807) is 84.9 Å². The third kappa shape index (κ3) is 8.75. The second kappa shape index (κ2) is 12.8. The number of aromatic carboxylic acids is 2. The van der Waals surface area contributed by atoms with E-state index in [1.165, 1.54) is 0 Å². The molecule has 0 aliphatic heterocycles. The van der Waals surface area contributed by atoms with Crippen LogP contribution in [-0.2, 0) is 13.2 Å². The molecule has 0 saturated heterocycles. The molecule has 6 nitrogen and oxygen atoms in total. The third-order valence-corrected chi connectivity index (χ3v) is 3.43. The fraction of sp³-hybridized carbons (Fsp3) is 0.0909. The van der Waals surface area contributed by atoms with Crippen molar-refractivity contribution in [1.29, 1.82) is 0 Å². The number of carboxylic acids is 2. The smallest absolute Gasteiger partial charge is 0.335 e. The normalized spacial score (nSPS) is 9.21. The molecule has 0 radical (unpaired) electrons. The summed E-state index contributed by atoms with van der Waals surface area (Å²) in [5, 5.41) is 34.0. The first-order valence-electron chi connectivity index (χ1n) is 8.34. The highest BCUT2D eigenvalue weighted by molar-refractivity contribution is 5.87. The van der Waals surface area contributed by atoms with E-state index in [1.807, 2.05) is 0 Å². The Morgan fingerprint density at radius 3 is 1.00 bits per heavy atom. The topological polar surface area (TPSA) is 115 Å². The molecule has 4 N–H and O–H groups in total. The number of aliphatic hydroxyl groups excluding tert-OH is 2. The number of carboxylic acid groups (broad SMARTS) is 2. The zero-order valence-corrected chi connectivity index (χ0v) is 15.1. The minimum Gasteiger partial charge on any atom is -0.478 e. The minimum absolute atomic E-state index is 0.0612. The lowest BCUT2D eigenvalue weighted by atomic mass is 10.1. The van der Waals surface area contributed by atoms with Crippen LogP contribution in [0.2, 0.25) is 0 Å². The van der Waals surface area contributed by atoms with Gasteiger partial charge in [0.2, 0.25) is 0 Å². The maximum absolute atomic E-state index is 10.2. The molecule has 0 aliphatic rings. The summed E-state index contributed by atoms with van der Waals surface area (Å²) in [5.74, 6) is -1.76. The molecule has 0 heterocycles. The quantitative estimate of drug-likeness (QED) is 0.549. The zero-order valence-electron chi connectivity index (χ0n) is 15.1. The SMILES string of the molecule is O=C(O)c1ccccc1.O=C(O)c1ccccc1.OCc1ccc(CO)cc1. The molecule has 0 aromatic heterocycles. The Kier molecular flexibility index (Phi) is 10.3. The van der Waals surface area contributed by atoms with Crippen LogP contribution in [0.1, 0.15) is 31.8 Å². The average Bonchev–Trinajstić information content (AvgIpc) is 2.76. The number of aliphatic hydroxyl groups is 2. The predicted molar refractivity (Wildman–Crippen MR) is 105 cm³/mol. The second-order valence-corrected chi connectivity index (χ2v) is 5.48. The first-order valence-corrected chi connectivity index (χ1v) is 8.34. The van der Waals surface area contributed by atoms with Crippen LogP contribution in [0, 0.1) is 0 Å². The number of carbonyl (C=O) groups is 2. The molecule has 0 amide bonds. The molecule has 3 aromatic carbocycles. The van der Waals surface area contributed by atoms with Crippen LogP contribution >= 0.6 is 0 Å². The number of hydrogen-bond donors (Lipinski definition) is 4. The molecule has 28 heavy (non-hydrogen) atoms. The van der Waals surface area contributed by atoms with E-state index < -0.39 is 11.9 Å². The lowest BCUT2D eigenvalue weighted by Gasteiger charge is -1.96. The Bertz CT molecular complexity index is 757. The van der Waals surface area contributed by atoms with E-state index in [0.717, 1.165) is 11.1 Å². The van der Waals surface area contributed by atoms with Gasteiger partial charge in [0.05, 0.1) is 24.3 Å². The van der Waals surface area contributed by atoms with E-state index in [9.17, 15) is 9.59 Å². The molecule has 0 atom stereocenters. The zero-order chi connectivity index (χ0) is 20.8. The van der Waals surface area contributed by atoms with Gasteiger partial charge in [-0.05, 0) is 35.4 Å². The van der Waals surface area contributed by atoms with Crippen LogP contribution in [0.5, 0.6) is 0 Å². The van der Waals surface area contributed by atoms with Crippen molar-refractivity contribution < 1.29 is 30.0 Å². The van der Waals surface area contributed by atoms with Crippen LogP contribution in [0.3, 0.4) is 0 Å². The number of rotatable bonds is 4. The summed E-state index contributed by atoms with van der Waals surface area (Å²) in [6.07, 6.45) is 0. The van der Waals surface area contributed by atoms with Gasteiger partial charge in [-0.1, -0.05) is 60.7 Å². The summed E-state index contributed by atoms with van der Waals surface area (Å²) in [4.78, 5) is 20.4. The summed E-state index contributed by atoms with van der Waals surface area (Å²) in [7, 11) is 0. The molecule has 0 spiro atoms. The van der Waals surface area contributed by atoms with Crippen molar-refractivity contribution in [2.45, 2.75) is 13.2 Å². The first-order chi connectivity index (χ1) is 13.5. The van der Waals surface area contributed by atoms with E-state index in [2.05, 4.69) is 0 Å². The maximum Gasteiger partial charge on any atom is 0.335 e. The highest BCUT2D eigenvalue weighted by Crippen LogP contribution is 2.03. The van der Waals surface area contributed by atoms with E-state index >= 15 is 0 Å². The molecular formula is C22H22O6. The molecule has 0 bridgehead atoms. The van der Waals surface area contributed by atoms with Gasteiger partial charge in [-0.2, -0.15) is 0 Å². The van der Waals surface area contributed by atoms with E-state index in [4.69, 9.17) is 20.4 Å². The predicted octanol–water partition coefficient (Wildman–Crippen LogP) is 3.44. The van der Waals surface area contributed by atoms with Gasteiger partial charge in [0, 0.05) is 0 Å². The van der Waals surface area contributed by atoms with E-state index in [-0.39, 0.29) is 13.2 Å². The molecule has 146 valence electrons. The molecule has 0 unspecified atom stereocenters. The average molecular weight is 382 g/mol. The molecule has 0 fully saturated rings. The monoisotopic (exact) mass is 382 g/mol. The summed E-state index contributed by atoms with van der Waals surface area (Å²) in [5.41, 5.74) is 2.41. The summed E-state index contributed by atoms with van der Waals surface area (Å²) in [6.45, 7) is 0.122. The van der Waals surface area contributed by atoms with Gasteiger partial charge >= 0.3 is 11.9 Å². The fourth-order valence-corrected chi connectivity index (χ4v) is 1.91. The Morgan fingerprint density at radius 2 is 0.821 bits per heavy atom. The lowest BCUT2D eigenvalue weighted by molar-refractivity contribution is 0.0686. The van der Waals surface area contributed by atoms with Crippen LogP contribution in [0.15, 0.2) is 84.9 Å². The Labute approximate surface area is 163 Å².